The van der Waals surface area contributed by atoms with Crippen LogP contribution in [0.5, 0.6) is 0 Å². The zero-order chi connectivity index (χ0) is 19.9. The van der Waals surface area contributed by atoms with Gasteiger partial charge in [-0.2, -0.15) is 5.10 Å². The van der Waals surface area contributed by atoms with Crippen molar-refractivity contribution >= 4 is 11.9 Å². The van der Waals surface area contributed by atoms with Gasteiger partial charge >= 0.3 is 5.97 Å². The molecule has 7 heteroatoms. The molecule has 0 aliphatic heterocycles. The molecule has 1 fully saturated rings. The van der Waals surface area contributed by atoms with Gasteiger partial charge in [0.05, 0.1) is 5.69 Å². The number of nitrogens with one attached hydrogen (secondary N) is 1. The van der Waals surface area contributed by atoms with Crippen LogP contribution in [0, 0.1) is 12.8 Å². The van der Waals surface area contributed by atoms with Gasteiger partial charge in [0.2, 0.25) is 0 Å². The molecule has 3 rings (SSSR count). The lowest BCUT2D eigenvalue weighted by Gasteiger charge is -2.27. The molecular formula is C21H28N4O3. The summed E-state index contributed by atoms with van der Waals surface area (Å²) in [5.74, 6) is -0.403. The largest absolute Gasteiger partial charge is 0.481 e. The van der Waals surface area contributed by atoms with Crippen molar-refractivity contribution in [3.8, 4) is 5.69 Å². The first-order valence-electron chi connectivity index (χ1n) is 10.0. The highest BCUT2D eigenvalue weighted by molar-refractivity contribution is 5.94. The number of carbonyl (C=O) groups excluding carboxylic acids is 1. The Morgan fingerprint density at radius 3 is 2.71 bits per heavy atom. The van der Waals surface area contributed by atoms with E-state index >= 15 is 0 Å². The molecule has 0 spiro atoms. The molecule has 7 nitrogen and oxygen atoms in total. The van der Waals surface area contributed by atoms with E-state index in [1.807, 2.05) is 19.1 Å². The lowest BCUT2D eigenvalue weighted by molar-refractivity contribution is -0.137. The van der Waals surface area contributed by atoms with Gasteiger partial charge in [0, 0.05) is 18.0 Å². The molecule has 2 N–H and O–H groups in total. The van der Waals surface area contributed by atoms with E-state index < -0.39 is 5.97 Å². The predicted octanol–water partition coefficient (Wildman–Crippen LogP) is 3.51. The van der Waals surface area contributed by atoms with Gasteiger partial charge in [-0.1, -0.05) is 32.1 Å². The minimum atomic E-state index is -0.823. The normalized spacial score (nSPS) is 15.9. The minimum absolute atomic E-state index is 0.0714. The summed E-state index contributed by atoms with van der Waals surface area (Å²) < 4.78 is 1.66. The number of hydrogen-bond acceptors (Lipinski definition) is 4. The first kappa shape index (κ1) is 20.0. The Morgan fingerprint density at radius 1 is 1.29 bits per heavy atom. The fourth-order valence-corrected chi connectivity index (χ4v) is 4.03. The predicted molar refractivity (Wildman–Crippen MR) is 105 cm³/mol. The lowest BCUT2D eigenvalue weighted by atomic mass is 9.84. The summed E-state index contributed by atoms with van der Waals surface area (Å²) in [6, 6.07) is 5.35. The van der Waals surface area contributed by atoms with E-state index in [9.17, 15) is 9.59 Å². The van der Waals surface area contributed by atoms with Gasteiger partial charge in [-0.25, -0.2) is 9.67 Å². The molecule has 150 valence electrons. The molecule has 1 heterocycles. The molecular weight excluding hydrogens is 356 g/mol. The molecule has 0 saturated heterocycles. The molecule has 1 unspecified atom stereocenters. The number of amides is 1. The number of carboxylic acids is 1. The van der Waals surface area contributed by atoms with Crippen LogP contribution in [0.1, 0.15) is 67.3 Å². The van der Waals surface area contributed by atoms with Crippen molar-refractivity contribution in [2.24, 2.45) is 5.92 Å². The van der Waals surface area contributed by atoms with Crippen LogP contribution in [0.2, 0.25) is 0 Å². The van der Waals surface area contributed by atoms with E-state index in [1.165, 1.54) is 38.4 Å². The van der Waals surface area contributed by atoms with Crippen molar-refractivity contribution in [2.75, 3.05) is 0 Å². The van der Waals surface area contributed by atoms with Crippen LogP contribution in [-0.4, -0.2) is 37.8 Å². The molecule has 1 amide bonds. The van der Waals surface area contributed by atoms with Gasteiger partial charge in [-0.3, -0.25) is 9.59 Å². The SMILES string of the molecule is Cc1cc(C(=O)NC(CCC(=O)O)CC2CCCCC2)ccc1-n1cncn1. The van der Waals surface area contributed by atoms with E-state index in [-0.39, 0.29) is 18.4 Å². The number of carbonyl (C=O) groups is 2. The van der Waals surface area contributed by atoms with E-state index in [0.29, 0.717) is 17.9 Å². The highest BCUT2D eigenvalue weighted by Crippen LogP contribution is 2.28. The van der Waals surface area contributed by atoms with Crippen LogP contribution >= 0.6 is 0 Å². The van der Waals surface area contributed by atoms with Crippen LogP contribution in [-0.2, 0) is 4.79 Å². The Labute approximate surface area is 165 Å². The first-order chi connectivity index (χ1) is 13.5. The smallest absolute Gasteiger partial charge is 0.303 e. The summed E-state index contributed by atoms with van der Waals surface area (Å²) in [7, 11) is 0. The standard InChI is InChI=1S/C21H28N4O3/c1-15-11-17(7-9-19(15)25-14-22-13-23-25)21(28)24-18(8-10-20(26)27)12-16-5-3-2-4-6-16/h7,9,11,13-14,16,18H,2-6,8,10,12H2,1H3,(H,24,28)(H,26,27). The molecule has 2 aromatic rings. The molecule has 0 radical (unpaired) electrons. The number of rotatable bonds is 8. The molecule has 1 atom stereocenters. The van der Waals surface area contributed by atoms with Gasteiger partial charge in [-0.05, 0) is 49.4 Å². The van der Waals surface area contributed by atoms with Crippen molar-refractivity contribution in [1.29, 1.82) is 0 Å². The summed E-state index contributed by atoms with van der Waals surface area (Å²) >= 11 is 0. The van der Waals surface area contributed by atoms with Crippen molar-refractivity contribution in [1.82, 2.24) is 20.1 Å². The van der Waals surface area contributed by atoms with Crippen LogP contribution in [0.25, 0.3) is 5.69 Å². The maximum absolute atomic E-state index is 12.8. The number of nitrogens with zero attached hydrogens (tertiary/aromatic N) is 3. The third-order valence-corrected chi connectivity index (χ3v) is 5.51. The van der Waals surface area contributed by atoms with Gasteiger partial charge in [0.1, 0.15) is 12.7 Å². The van der Waals surface area contributed by atoms with Crippen molar-refractivity contribution in [2.45, 2.75) is 64.3 Å². The Hall–Kier alpha value is -2.70. The number of benzene rings is 1. The molecule has 0 bridgehead atoms. The van der Waals surface area contributed by atoms with E-state index in [0.717, 1.165) is 17.7 Å². The van der Waals surface area contributed by atoms with Crippen molar-refractivity contribution < 1.29 is 14.7 Å². The van der Waals surface area contributed by atoms with E-state index in [2.05, 4.69) is 15.4 Å². The molecule has 1 aromatic heterocycles. The number of hydrogen-bond donors (Lipinski definition) is 2. The van der Waals surface area contributed by atoms with Gasteiger partial charge in [0.25, 0.3) is 5.91 Å². The zero-order valence-corrected chi connectivity index (χ0v) is 16.3. The van der Waals surface area contributed by atoms with E-state index in [1.54, 1.807) is 17.1 Å². The molecule has 28 heavy (non-hydrogen) atoms. The first-order valence-corrected chi connectivity index (χ1v) is 10.0. The molecule has 1 aliphatic carbocycles. The Bertz CT molecular complexity index is 798. The highest BCUT2D eigenvalue weighted by Gasteiger charge is 2.22. The molecule has 1 aliphatic rings. The number of aromatic nitrogens is 3. The van der Waals surface area contributed by atoms with Gasteiger partial charge in [-0.15, -0.1) is 0 Å². The molecule has 1 saturated carbocycles. The van der Waals surface area contributed by atoms with Crippen LogP contribution in [0.3, 0.4) is 0 Å². The number of aliphatic carboxylic acids is 1. The maximum Gasteiger partial charge on any atom is 0.303 e. The van der Waals surface area contributed by atoms with Crippen LogP contribution in [0.4, 0.5) is 0 Å². The Kier molecular flexibility index (Phi) is 6.79. The maximum atomic E-state index is 12.8. The van der Waals surface area contributed by atoms with Crippen molar-refractivity contribution in [3.05, 3.63) is 42.0 Å². The topological polar surface area (TPSA) is 97.1 Å². The molecule has 1 aromatic carbocycles. The fraction of sp³-hybridized carbons (Fsp3) is 0.524. The Morgan fingerprint density at radius 2 is 2.07 bits per heavy atom. The highest BCUT2D eigenvalue weighted by atomic mass is 16.4. The zero-order valence-electron chi connectivity index (χ0n) is 16.3. The monoisotopic (exact) mass is 384 g/mol. The van der Waals surface area contributed by atoms with E-state index in [4.69, 9.17) is 5.11 Å². The Balaban J connectivity index is 1.67. The summed E-state index contributed by atoms with van der Waals surface area (Å²) in [5, 5.41) is 16.3. The second-order valence-corrected chi connectivity index (χ2v) is 7.68. The number of carboxylic acid groups (broad SMARTS) is 1. The quantitative estimate of drug-likeness (QED) is 0.726. The average Bonchev–Trinajstić information content (AvgIpc) is 3.21. The number of aryl methyl sites for hydroxylation is 1. The fourth-order valence-electron chi connectivity index (χ4n) is 4.03. The van der Waals surface area contributed by atoms with Crippen molar-refractivity contribution in [3.63, 3.8) is 0 Å². The summed E-state index contributed by atoms with van der Waals surface area (Å²) in [4.78, 5) is 27.8. The summed E-state index contributed by atoms with van der Waals surface area (Å²) in [5.41, 5.74) is 2.37. The average molecular weight is 384 g/mol. The lowest BCUT2D eigenvalue weighted by Crippen LogP contribution is -2.37. The van der Waals surface area contributed by atoms with Gasteiger partial charge in [0.15, 0.2) is 0 Å². The second kappa shape index (κ2) is 9.48. The third-order valence-electron chi connectivity index (χ3n) is 5.51. The van der Waals surface area contributed by atoms with Crippen LogP contribution < -0.4 is 5.32 Å². The summed E-state index contributed by atoms with van der Waals surface area (Å²) in [6.07, 6.45) is 10.6. The third kappa shape index (κ3) is 5.41. The minimum Gasteiger partial charge on any atom is -0.481 e. The van der Waals surface area contributed by atoms with Gasteiger partial charge < -0.3 is 10.4 Å². The van der Waals surface area contributed by atoms with Crippen LogP contribution in [0.15, 0.2) is 30.9 Å². The summed E-state index contributed by atoms with van der Waals surface area (Å²) in [6.45, 7) is 1.93. The second-order valence-electron chi connectivity index (χ2n) is 7.68.